The Labute approximate surface area is 68.2 Å². The molecule has 0 aromatic rings. The molecule has 0 rings (SSSR count). The van der Waals surface area contributed by atoms with Gasteiger partial charge >= 0.3 is 0 Å². The van der Waals surface area contributed by atoms with E-state index in [-0.39, 0.29) is 6.04 Å². The molecule has 5 N–H and O–H groups in total. The molecule has 0 amide bonds. The van der Waals surface area contributed by atoms with Crippen molar-refractivity contribution in [3.05, 3.63) is 11.9 Å². The fourth-order valence-corrected chi connectivity index (χ4v) is 0.749. The smallest absolute Gasteiger partial charge is 0.0586 e. The van der Waals surface area contributed by atoms with E-state index in [0.29, 0.717) is 6.54 Å². The third-order valence-corrected chi connectivity index (χ3v) is 1.44. The molecule has 4 heteroatoms. The van der Waals surface area contributed by atoms with Crippen LogP contribution in [0, 0.1) is 0 Å². The number of hydrazine groups is 1. The third-order valence-electron chi connectivity index (χ3n) is 1.44. The summed E-state index contributed by atoms with van der Waals surface area (Å²) >= 11 is 0. The van der Waals surface area contributed by atoms with Crippen LogP contribution in [-0.2, 0) is 0 Å². The minimum atomic E-state index is 0.276. The van der Waals surface area contributed by atoms with Gasteiger partial charge in [-0.25, -0.2) is 5.84 Å². The van der Waals surface area contributed by atoms with E-state index in [2.05, 4.69) is 5.32 Å². The van der Waals surface area contributed by atoms with Crippen molar-refractivity contribution >= 4 is 0 Å². The molecule has 66 valence electrons. The molecule has 0 spiro atoms. The van der Waals surface area contributed by atoms with Crippen LogP contribution >= 0.6 is 0 Å². The van der Waals surface area contributed by atoms with Crippen molar-refractivity contribution in [2.24, 2.45) is 11.6 Å². The van der Waals surface area contributed by atoms with Crippen molar-refractivity contribution in [2.75, 3.05) is 13.6 Å². The molecule has 0 aromatic carbocycles. The van der Waals surface area contributed by atoms with Gasteiger partial charge in [0.15, 0.2) is 0 Å². The molecule has 0 aliphatic heterocycles. The molecule has 0 unspecified atom stereocenters. The Bertz CT molecular complexity index is 130. The van der Waals surface area contributed by atoms with Crippen molar-refractivity contribution < 1.29 is 0 Å². The molecule has 0 atom stereocenters. The molecule has 0 saturated heterocycles. The number of nitrogens with two attached hydrogens (primary N) is 2. The lowest BCUT2D eigenvalue weighted by molar-refractivity contribution is 0.285. The highest BCUT2D eigenvalue weighted by Gasteiger charge is 2.06. The van der Waals surface area contributed by atoms with Gasteiger partial charge in [-0.05, 0) is 20.9 Å². The second-order valence-corrected chi connectivity index (χ2v) is 2.69. The van der Waals surface area contributed by atoms with E-state index in [9.17, 15) is 0 Å². The Morgan fingerprint density at radius 3 is 2.45 bits per heavy atom. The summed E-state index contributed by atoms with van der Waals surface area (Å²) in [4.78, 5) is 0. The van der Waals surface area contributed by atoms with Crippen LogP contribution in [0.1, 0.15) is 13.8 Å². The molecule has 4 nitrogen and oxygen atoms in total. The van der Waals surface area contributed by atoms with Gasteiger partial charge in [-0.15, -0.1) is 0 Å². The predicted octanol–water partition coefficient (Wildman–Crippen LogP) is -0.410. The molecule has 11 heavy (non-hydrogen) atoms. The monoisotopic (exact) mass is 158 g/mol. The van der Waals surface area contributed by atoms with Gasteiger partial charge < -0.3 is 16.1 Å². The van der Waals surface area contributed by atoms with Crippen LogP contribution in [0.5, 0.6) is 0 Å². The maximum Gasteiger partial charge on any atom is 0.0586 e. The summed E-state index contributed by atoms with van der Waals surface area (Å²) in [6.45, 7) is 4.73. The van der Waals surface area contributed by atoms with Crippen molar-refractivity contribution in [2.45, 2.75) is 19.9 Å². The summed E-state index contributed by atoms with van der Waals surface area (Å²) in [6, 6.07) is 0.276. The van der Waals surface area contributed by atoms with Crippen molar-refractivity contribution in [1.29, 1.82) is 0 Å². The van der Waals surface area contributed by atoms with Gasteiger partial charge in [-0.3, -0.25) is 0 Å². The Hall–Kier alpha value is -0.740. The SMILES string of the molecule is CNC/C(=C/N)N(N)C(C)C. The molecule has 0 bridgehead atoms. The summed E-state index contributed by atoms with van der Waals surface area (Å²) in [5, 5.41) is 4.63. The van der Waals surface area contributed by atoms with Crippen LogP contribution in [0.4, 0.5) is 0 Å². The standard InChI is InChI=1S/C7H18N4/c1-6(2)11(9)7(4-8)5-10-3/h4,6,10H,5,8-9H2,1-3H3/b7-4-. The van der Waals surface area contributed by atoms with Gasteiger partial charge in [0.2, 0.25) is 0 Å². The average Bonchev–Trinajstić information content (AvgIpc) is 1.98. The molecule has 0 radical (unpaired) electrons. The van der Waals surface area contributed by atoms with Gasteiger partial charge in [0.25, 0.3) is 0 Å². The zero-order chi connectivity index (χ0) is 8.85. The zero-order valence-electron chi connectivity index (χ0n) is 7.46. The Morgan fingerprint density at radius 1 is 1.64 bits per heavy atom. The second kappa shape index (κ2) is 4.98. The first kappa shape index (κ1) is 10.3. The minimum absolute atomic E-state index is 0.276. The molecule has 0 saturated carbocycles. The number of hydrogen-bond acceptors (Lipinski definition) is 4. The van der Waals surface area contributed by atoms with E-state index in [1.54, 1.807) is 5.01 Å². The maximum absolute atomic E-state index is 5.70. The minimum Gasteiger partial charge on any atom is -0.403 e. The summed E-state index contributed by atoms with van der Waals surface area (Å²) < 4.78 is 0. The molecule has 0 fully saturated rings. The van der Waals surface area contributed by atoms with E-state index >= 15 is 0 Å². The van der Waals surface area contributed by atoms with Crippen molar-refractivity contribution in [3.8, 4) is 0 Å². The number of rotatable bonds is 4. The quantitative estimate of drug-likeness (QED) is 0.384. The number of hydrogen-bond donors (Lipinski definition) is 3. The number of nitrogens with zero attached hydrogens (tertiary/aromatic N) is 1. The largest absolute Gasteiger partial charge is 0.403 e. The fraction of sp³-hybridized carbons (Fsp3) is 0.714. The van der Waals surface area contributed by atoms with Crippen LogP contribution in [0.2, 0.25) is 0 Å². The molecular formula is C7H18N4. The van der Waals surface area contributed by atoms with E-state index < -0.39 is 0 Å². The topological polar surface area (TPSA) is 67.3 Å². The predicted molar refractivity (Wildman–Crippen MR) is 47.4 cm³/mol. The highest BCUT2D eigenvalue weighted by Crippen LogP contribution is 1.99. The van der Waals surface area contributed by atoms with Gasteiger partial charge in [0.05, 0.1) is 5.70 Å². The van der Waals surface area contributed by atoms with Gasteiger partial charge in [0, 0.05) is 18.8 Å². The van der Waals surface area contributed by atoms with Crippen molar-refractivity contribution in [1.82, 2.24) is 10.3 Å². The third kappa shape index (κ3) is 3.25. The van der Waals surface area contributed by atoms with Gasteiger partial charge in [-0.2, -0.15) is 0 Å². The Kier molecular flexibility index (Phi) is 4.65. The van der Waals surface area contributed by atoms with Crippen LogP contribution in [-0.4, -0.2) is 24.6 Å². The lowest BCUT2D eigenvalue weighted by atomic mass is 10.3. The lowest BCUT2D eigenvalue weighted by Crippen LogP contribution is -2.40. The highest BCUT2D eigenvalue weighted by atomic mass is 15.4. The Balaban J connectivity index is 4.04. The first-order valence-corrected chi connectivity index (χ1v) is 3.72. The highest BCUT2D eigenvalue weighted by molar-refractivity contribution is 4.99. The average molecular weight is 158 g/mol. The van der Waals surface area contributed by atoms with E-state index in [0.717, 1.165) is 5.70 Å². The van der Waals surface area contributed by atoms with Crippen molar-refractivity contribution in [3.63, 3.8) is 0 Å². The normalized spacial score (nSPS) is 12.3. The van der Waals surface area contributed by atoms with Crippen LogP contribution < -0.4 is 16.9 Å². The molecular weight excluding hydrogens is 140 g/mol. The first-order valence-electron chi connectivity index (χ1n) is 3.72. The van der Waals surface area contributed by atoms with E-state index in [1.165, 1.54) is 6.20 Å². The zero-order valence-corrected chi connectivity index (χ0v) is 7.46. The van der Waals surface area contributed by atoms with Crippen LogP contribution in [0.25, 0.3) is 0 Å². The van der Waals surface area contributed by atoms with Crippen LogP contribution in [0.3, 0.4) is 0 Å². The molecule has 0 aliphatic rings. The molecule has 0 aromatic heterocycles. The van der Waals surface area contributed by atoms with Gasteiger partial charge in [0.1, 0.15) is 0 Å². The van der Waals surface area contributed by atoms with E-state index in [4.69, 9.17) is 11.6 Å². The Morgan fingerprint density at radius 2 is 2.18 bits per heavy atom. The summed E-state index contributed by atoms with van der Waals surface area (Å²) in [5.41, 5.74) is 6.28. The van der Waals surface area contributed by atoms with Gasteiger partial charge in [-0.1, -0.05) is 0 Å². The number of nitrogens with one attached hydrogen (secondary N) is 1. The van der Waals surface area contributed by atoms with E-state index in [1.807, 2.05) is 20.9 Å². The van der Waals surface area contributed by atoms with Crippen LogP contribution in [0.15, 0.2) is 11.9 Å². The maximum atomic E-state index is 5.70. The summed E-state index contributed by atoms with van der Waals surface area (Å²) in [7, 11) is 1.86. The molecule has 0 aliphatic carbocycles. The summed E-state index contributed by atoms with van der Waals surface area (Å²) in [6.07, 6.45) is 1.52. The summed E-state index contributed by atoms with van der Waals surface area (Å²) in [5.74, 6) is 5.70. The fourth-order valence-electron chi connectivity index (χ4n) is 0.749. The molecule has 0 heterocycles. The number of likely N-dealkylation sites (N-methyl/N-ethyl adjacent to an activating group) is 1. The second-order valence-electron chi connectivity index (χ2n) is 2.69. The first-order chi connectivity index (χ1) is 5.13. The lowest BCUT2D eigenvalue weighted by Gasteiger charge is -2.25.